The minimum Gasteiger partial charge on any atom is -0.487 e. The quantitative estimate of drug-likeness (QED) is 0.601. The van der Waals surface area contributed by atoms with Crippen molar-refractivity contribution in [3.8, 4) is 5.75 Å². The first-order chi connectivity index (χ1) is 15.5. The van der Waals surface area contributed by atoms with E-state index in [0.29, 0.717) is 17.0 Å². The number of ketones is 1. The van der Waals surface area contributed by atoms with Crippen LogP contribution in [0.1, 0.15) is 56.2 Å². The number of β-amino-alcohol motifs (C(OH)–C–C–N with tert-alkyl or cyclic N) is 1. The van der Waals surface area contributed by atoms with Gasteiger partial charge in [0.15, 0.2) is 5.78 Å². The number of rotatable bonds is 7. The summed E-state index contributed by atoms with van der Waals surface area (Å²) in [5.74, 6) is -0.146. The molecule has 1 aliphatic heterocycles. The van der Waals surface area contributed by atoms with Crippen LogP contribution in [0.3, 0.4) is 0 Å². The van der Waals surface area contributed by atoms with Gasteiger partial charge in [0.25, 0.3) is 0 Å². The summed E-state index contributed by atoms with van der Waals surface area (Å²) >= 11 is 0. The zero-order valence-electron chi connectivity index (χ0n) is 19.6. The summed E-state index contributed by atoms with van der Waals surface area (Å²) in [6.45, 7) is 7.39. The summed E-state index contributed by atoms with van der Waals surface area (Å²) in [6.07, 6.45) is 1.07. The Kier molecular flexibility index (Phi) is 7.16. The molecule has 10 nitrogen and oxygen atoms in total. The van der Waals surface area contributed by atoms with Crippen molar-refractivity contribution in [1.29, 1.82) is 0 Å². The Morgan fingerprint density at radius 2 is 2.03 bits per heavy atom. The van der Waals surface area contributed by atoms with Gasteiger partial charge in [-0.25, -0.2) is 4.68 Å². The van der Waals surface area contributed by atoms with Gasteiger partial charge in [0, 0.05) is 25.6 Å². The van der Waals surface area contributed by atoms with E-state index in [9.17, 15) is 19.5 Å². The second-order valence-electron chi connectivity index (χ2n) is 9.34. The van der Waals surface area contributed by atoms with Gasteiger partial charge < -0.3 is 20.1 Å². The third-order valence-corrected chi connectivity index (χ3v) is 5.61. The Hall–Kier alpha value is -3.27. The molecule has 3 rings (SSSR count). The topological polar surface area (TPSA) is 127 Å². The van der Waals surface area contributed by atoms with Crippen molar-refractivity contribution >= 4 is 17.6 Å². The monoisotopic (exact) mass is 457 g/mol. The number of nitrogens with one attached hydrogen (secondary N) is 1. The molecule has 0 unspecified atom stereocenters. The van der Waals surface area contributed by atoms with Gasteiger partial charge in [-0.15, -0.1) is 5.10 Å². The first-order valence-corrected chi connectivity index (χ1v) is 10.9. The van der Waals surface area contributed by atoms with Gasteiger partial charge in [0.05, 0.1) is 12.3 Å². The van der Waals surface area contributed by atoms with E-state index in [1.807, 2.05) is 20.8 Å². The number of carbonyl (C=O) groups is 3. The van der Waals surface area contributed by atoms with Crippen molar-refractivity contribution in [2.24, 2.45) is 5.41 Å². The molecule has 0 spiro atoms. The molecule has 2 heterocycles. The van der Waals surface area contributed by atoms with E-state index < -0.39 is 23.6 Å². The van der Waals surface area contributed by atoms with E-state index in [0.717, 1.165) is 0 Å². The maximum atomic E-state index is 13.5. The van der Waals surface area contributed by atoms with Crippen molar-refractivity contribution in [2.75, 3.05) is 13.6 Å². The highest BCUT2D eigenvalue weighted by atomic mass is 16.5. The second-order valence-corrected chi connectivity index (χ2v) is 9.34. The summed E-state index contributed by atoms with van der Waals surface area (Å²) in [5, 5.41) is 21.0. The summed E-state index contributed by atoms with van der Waals surface area (Å²) in [6, 6.07) is 5.39. The molecule has 1 fully saturated rings. The number of hydrogen-bond acceptors (Lipinski definition) is 7. The fourth-order valence-electron chi connectivity index (χ4n) is 3.98. The lowest BCUT2D eigenvalue weighted by atomic mass is 9.85. The van der Waals surface area contributed by atoms with E-state index in [-0.39, 0.29) is 37.2 Å². The average molecular weight is 458 g/mol. The molecule has 0 bridgehead atoms. The SMILES string of the molecule is CNC(=O)[C@@H]1C[C@@H](O)CN1C(=O)[C@@H](n1cc(COc2cccc(C(C)=O)c2)nn1)C(C)(C)C. The summed E-state index contributed by atoms with van der Waals surface area (Å²) in [4.78, 5) is 38.8. The molecule has 1 aromatic carbocycles. The van der Waals surface area contributed by atoms with Gasteiger partial charge in [-0.2, -0.15) is 0 Å². The highest BCUT2D eigenvalue weighted by molar-refractivity contribution is 5.94. The zero-order chi connectivity index (χ0) is 24.3. The molecular formula is C23H31N5O5. The van der Waals surface area contributed by atoms with Gasteiger partial charge in [-0.1, -0.05) is 38.1 Å². The van der Waals surface area contributed by atoms with Gasteiger partial charge in [-0.05, 0) is 24.5 Å². The molecule has 1 aromatic heterocycles. The molecule has 2 N–H and O–H groups in total. The molecule has 2 aromatic rings. The van der Waals surface area contributed by atoms with Crippen LogP contribution in [-0.2, 0) is 16.2 Å². The van der Waals surface area contributed by atoms with Crippen LogP contribution in [-0.4, -0.2) is 68.3 Å². The molecule has 0 radical (unpaired) electrons. The predicted molar refractivity (Wildman–Crippen MR) is 119 cm³/mol. The van der Waals surface area contributed by atoms with Crippen LogP contribution in [0.5, 0.6) is 5.75 Å². The number of likely N-dealkylation sites (tertiary alicyclic amines) is 1. The highest BCUT2D eigenvalue weighted by Gasteiger charge is 2.45. The van der Waals surface area contributed by atoms with Crippen molar-refractivity contribution in [2.45, 2.75) is 58.9 Å². The van der Waals surface area contributed by atoms with Crippen LogP contribution >= 0.6 is 0 Å². The van der Waals surface area contributed by atoms with Gasteiger partial charge >= 0.3 is 0 Å². The van der Waals surface area contributed by atoms with Crippen LogP contribution in [0.2, 0.25) is 0 Å². The van der Waals surface area contributed by atoms with E-state index in [1.54, 1.807) is 30.5 Å². The minimum atomic E-state index is -0.762. The predicted octanol–water partition coefficient (Wildman–Crippen LogP) is 1.35. The largest absolute Gasteiger partial charge is 0.487 e. The van der Waals surface area contributed by atoms with Crippen molar-refractivity contribution in [3.05, 3.63) is 41.7 Å². The number of aliphatic hydroxyl groups is 1. The van der Waals surface area contributed by atoms with E-state index in [4.69, 9.17) is 4.74 Å². The Morgan fingerprint density at radius 3 is 2.67 bits per heavy atom. The second kappa shape index (κ2) is 9.70. The smallest absolute Gasteiger partial charge is 0.248 e. The van der Waals surface area contributed by atoms with E-state index >= 15 is 0 Å². The maximum absolute atomic E-state index is 13.5. The number of aliphatic hydroxyl groups excluding tert-OH is 1. The maximum Gasteiger partial charge on any atom is 0.248 e. The molecule has 0 saturated carbocycles. The molecule has 3 atom stereocenters. The van der Waals surface area contributed by atoms with Gasteiger partial charge in [-0.3, -0.25) is 14.4 Å². The average Bonchev–Trinajstić information content (AvgIpc) is 3.37. The molecule has 1 aliphatic rings. The Morgan fingerprint density at radius 1 is 1.30 bits per heavy atom. The Bertz CT molecular complexity index is 1030. The fraction of sp³-hybridized carbons (Fsp3) is 0.522. The van der Waals surface area contributed by atoms with Crippen molar-refractivity contribution in [1.82, 2.24) is 25.2 Å². The number of hydrogen-bond donors (Lipinski definition) is 2. The first-order valence-electron chi connectivity index (χ1n) is 10.9. The Labute approximate surface area is 192 Å². The number of aromatic nitrogens is 3. The van der Waals surface area contributed by atoms with Crippen LogP contribution in [0.15, 0.2) is 30.5 Å². The molecular weight excluding hydrogens is 426 g/mol. The van der Waals surface area contributed by atoms with Crippen LogP contribution in [0.4, 0.5) is 0 Å². The lowest BCUT2D eigenvalue weighted by Gasteiger charge is -2.34. The fourth-order valence-corrected chi connectivity index (χ4v) is 3.98. The van der Waals surface area contributed by atoms with Gasteiger partial charge in [0.2, 0.25) is 11.8 Å². The molecule has 2 amide bonds. The highest BCUT2D eigenvalue weighted by Crippen LogP contribution is 2.34. The van der Waals surface area contributed by atoms with E-state index in [1.165, 1.54) is 23.6 Å². The molecule has 10 heteroatoms. The Balaban J connectivity index is 1.79. The van der Waals surface area contributed by atoms with Crippen LogP contribution in [0, 0.1) is 5.41 Å². The molecule has 0 aliphatic carbocycles. The zero-order valence-corrected chi connectivity index (χ0v) is 19.6. The number of Topliss-reactive ketones (excluding diaryl/α,β-unsaturated/α-hetero) is 1. The summed E-state index contributed by atoms with van der Waals surface area (Å²) < 4.78 is 7.23. The number of amides is 2. The summed E-state index contributed by atoms with van der Waals surface area (Å²) in [7, 11) is 1.51. The number of carbonyl (C=O) groups excluding carboxylic acids is 3. The third-order valence-electron chi connectivity index (χ3n) is 5.61. The van der Waals surface area contributed by atoms with Crippen molar-refractivity contribution < 1.29 is 24.2 Å². The number of nitrogens with zero attached hydrogens (tertiary/aromatic N) is 4. The standard InChI is InChI=1S/C23H31N5O5/c1-14(29)15-7-6-8-18(9-15)33-13-16-11-28(26-25-16)20(23(2,3)4)22(32)27-12-17(30)10-19(27)21(31)24-5/h6-9,11,17,19-20,30H,10,12-13H2,1-5H3,(H,24,31)/t17-,19+,20-/m1/s1. The van der Waals surface area contributed by atoms with Crippen LogP contribution in [0.25, 0.3) is 0 Å². The lowest BCUT2D eigenvalue weighted by molar-refractivity contribution is -0.144. The van der Waals surface area contributed by atoms with Crippen LogP contribution < -0.4 is 10.1 Å². The van der Waals surface area contributed by atoms with E-state index in [2.05, 4.69) is 15.6 Å². The molecule has 33 heavy (non-hydrogen) atoms. The molecule has 178 valence electrons. The molecule has 1 saturated heterocycles. The van der Waals surface area contributed by atoms with Crippen molar-refractivity contribution in [3.63, 3.8) is 0 Å². The third kappa shape index (κ3) is 5.57. The summed E-state index contributed by atoms with van der Waals surface area (Å²) in [5.41, 5.74) is 0.516. The number of benzene rings is 1. The minimum absolute atomic E-state index is 0.0555. The first kappa shape index (κ1) is 24.4. The van der Waals surface area contributed by atoms with Gasteiger partial charge in [0.1, 0.15) is 30.1 Å². The number of likely N-dealkylation sites (N-methyl/N-ethyl adjacent to an activating group) is 1. The normalized spacial score (nSPS) is 19.3. The number of ether oxygens (including phenoxy) is 1. The lowest BCUT2D eigenvalue weighted by Crippen LogP contribution is -2.49.